The lowest BCUT2D eigenvalue weighted by Crippen LogP contribution is -2.46. The summed E-state index contributed by atoms with van der Waals surface area (Å²) >= 11 is 0. The Hall–Kier alpha value is -0.160. The SMILES string of the molecule is CCOCC(O)CN1CCCCC1CO. The van der Waals surface area contributed by atoms with Gasteiger partial charge in [0.25, 0.3) is 0 Å². The van der Waals surface area contributed by atoms with E-state index >= 15 is 0 Å². The van der Waals surface area contributed by atoms with Gasteiger partial charge in [0.15, 0.2) is 0 Å². The lowest BCUT2D eigenvalue weighted by Gasteiger charge is -2.35. The van der Waals surface area contributed by atoms with Gasteiger partial charge in [0, 0.05) is 19.2 Å². The quantitative estimate of drug-likeness (QED) is 0.669. The maximum Gasteiger partial charge on any atom is 0.0900 e. The van der Waals surface area contributed by atoms with Gasteiger partial charge in [-0.3, -0.25) is 4.90 Å². The average molecular weight is 217 g/mol. The lowest BCUT2D eigenvalue weighted by molar-refractivity contribution is -0.00313. The van der Waals surface area contributed by atoms with Crippen molar-refractivity contribution < 1.29 is 14.9 Å². The molecule has 1 aliphatic heterocycles. The Labute approximate surface area is 91.8 Å². The van der Waals surface area contributed by atoms with Crippen molar-refractivity contribution in [3.8, 4) is 0 Å². The molecule has 4 nitrogen and oxygen atoms in total. The minimum absolute atomic E-state index is 0.196. The van der Waals surface area contributed by atoms with E-state index in [9.17, 15) is 10.2 Å². The minimum Gasteiger partial charge on any atom is -0.395 e. The van der Waals surface area contributed by atoms with Crippen molar-refractivity contribution in [2.75, 3.05) is 32.9 Å². The molecular weight excluding hydrogens is 194 g/mol. The summed E-state index contributed by atoms with van der Waals surface area (Å²) in [6.07, 6.45) is 2.95. The van der Waals surface area contributed by atoms with Crippen LogP contribution in [0.3, 0.4) is 0 Å². The first kappa shape index (κ1) is 12.9. The Kier molecular flexibility index (Phi) is 6.17. The molecule has 4 heteroatoms. The van der Waals surface area contributed by atoms with Gasteiger partial charge in [-0.2, -0.15) is 0 Å². The second-order valence-corrected chi connectivity index (χ2v) is 4.14. The van der Waals surface area contributed by atoms with Crippen LogP contribution in [0.5, 0.6) is 0 Å². The molecule has 90 valence electrons. The normalized spacial score (nSPS) is 25.4. The molecule has 0 spiro atoms. The van der Waals surface area contributed by atoms with Crippen LogP contribution in [0.25, 0.3) is 0 Å². The van der Waals surface area contributed by atoms with Gasteiger partial charge in [-0.15, -0.1) is 0 Å². The third-order valence-electron chi connectivity index (χ3n) is 2.92. The number of hydrogen-bond donors (Lipinski definition) is 2. The molecule has 0 saturated carbocycles. The molecule has 0 aromatic rings. The number of nitrogens with zero attached hydrogens (tertiary/aromatic N) is 1. The molecule has 0 aromatic heterocycles. The number of hydrogen-bond acceptors (Lipinski definition) is 4. The molecule has 0 aliphatic carbocycles. The lowest BCUT2D eigenvalue weighted by atomic mass is 10.0. The van der Waals surface area contributed by atoms with Crippen LogP contribution in [0, 0.1) is 0 Å². The fourth-order valence-corrected chi connectivity index (χ4v) is 2.08. The summed E-state index contributed by atoms with van der Waals surface area (Å²) in [7, 11) is 0. The topological polar surface area (TPSA) is 52.9 Å². The van der Waals surface area contributed by atoms with E-state index in [1.165, 1.54) is 6.42 Å². The maximum absolute atomic E-state index is 9.70. The monoisotopic (exact) mass is 217 g/mol. The van der Waals surface area contributed by atoms with Gasteiger partial charge < -0.3 is 14.9 Å². The van der Waals surface area contributed by atoms with Crippen molar-refractivity contribution in [2.24, 2.45) is 0 Å². The Bertz CT molecular complexity index is 166. The Balaban J connectivity index is 2.27. The van der Waals surface area contributed by atoms with Crippen LogP contribution in [-0.4, -0.2) is 60.2 Å². The van der Waals surface area contributed by atoms with Crippen molar-refractivity contribution in [3.05, 3.63) is 0 Å². The van der Waals surface area contributed by atoms with E-state index in [-0.39, 0.29) is 12.6 Å². The molecule has 0 aromatic carbocycles. The average Bonchev–Trinajstić information content (AvgIpc) is 2.27. The summed E-state index contributed by atoms with van der Waals surface area (Å²) in [5, 5.41) is 18.9. The third kappa shape index (κ3) is 4.47. The van der Waals surface area contributed by atoms with Crippen LogP contribution in [0.1, 0.15) is 26.2 Å². The zero-order valence-corrected chi connectivity index (χ0v) is 9.56. The highest BCUT2D eigenvalue weighted by atomic mass is 16.5. The summed E-state index contributed by atoms with van der Waals surface area (Å²) in [6.45, 7) is 4.75. The first-order valence-electron chi connectivity index (χ1n) is 5.88. The van der Waals surface area contributed by atoms with Crippen LogP contribution >= 0.6 is 0 Å². The number of rotatable bonds is 6. The molecule has 1 saturated heterocycles. The van der Waals surface area contributed by atoms with Crippen molar-refractivity contribution in [1.29, 1.82) is 0 Å². The van der Waals surface area contributed by atoms with E-state index in [4.69, 9.17) is 4.74 Å². The van der Waals surface area contributed by atoms with Gasteiger partial charge in [0.2, 0.25) is 0 Å². The molecule has 1 fully saturated rings. The van der Waals surface area contributed by atoms with Crippen molar-refractivity contribution >= 4 is 0 Å². The Morgan fingerprint density at radius 1 is 1.47 bits per heavy atom. The summed E-state index contributed by atoms with van der Waals surface area (Å²) in [6, 6.07) is 0.232. The van der Waals surface area contributed by atoms with Crippen molar-refractivity contribution in [1.82, 2.24) is 4.90 Å². The van der Waals surface area contributed by atoms with Crippen LogP contribution in [-0.2, 0) is 4.74 Å². The Morgan fingerprint density at radius 2 is 2.27 bits per heavy atom. The summed E-state index contributed by atoms with van der Waals surface area (Å²) in [4.78, 5) is 2.17. The van der Waals surface area contributed by atoms with Crippen LogP contribution < -0.4 is 0 Å². The van der Waals surface area contributed by atoms with Gasteiger partial charge in [-0.05, 0) is 26.3 Å². The largest absolute Gasteiger partial charge is 0.395 e. The predicted octanol–water partition coefficient (Wildman–Crippen LogP) is 0.231. The summed E-state index contributed by atoms with van der Waals surface area (Å²) < 4.78 is 5.17. The zero-order chi connectivity index (χ0) is 11.1. The number of piperidine rings is 1. The first-order valence-corrected chi connectivity index (χ1v) is 5.88. The summed E-state index contributed by atoms with van der Waals surface area (Å²) in [5.41, 5.74) is 0. The van der Waals surface area contributed by atoms with E-state index in [2.05, 4.69) is 4.90 Å². The van der Waals surface area contributed by atoms with Gasteiger partial charge in [0.1, 0.15) is 0 Å². The number of ether oxygens (including phenoxy) is 1. The standard InChI is InChI=1S/C11H23NO3/c1-2-15-9-11(14)7-12-6-4-3-5-10(12)8-13/h10-11,13-14H,2-9H2,1H3. The maximum atomic E-state index is 9.70. The molecule has 1 heterocycles. The van der Waals surface area contributed by atoms with Crippen LogP contribution in [0.4, 0.5) is 0 Å². The second kappa shape index (κ2) is 7.17. The highest BCUT2D eigenvalue weighted by Crippen LogP contribution is 2.16. The van der Waals surface area contributed by atoms with Crippen LogP contribution in [0.15, 0.2) is 0 Å². The van der Waals surface area contributed by atoms with E-state index in [1.807, 2.05) is 6.92 Å². The van der Waals surface area contributed by atoms with E-state index < -0.39 is 6.10 Å². The molecule has 1 aliphatic rings. The van der Waals surface area contributed by atoms with Gasteiger partial charge >= 0.3 is 0 Å². The number of aliphatic hydroxyl groups is 2. The minimum atomic E-state index is -0.433. The van der Waals surface area contributed by atoms with E-state index in [0.717, 1.165) is 19.4 Å². The smallest absolute Gasteiger partial charge is 0.0900 e. The fraction of sp³-hybridized carbons (Fsp3) is 1.00. The third-order valence-corrected chi connectivity index (χ3v) is 2.92. The zero-order valence-electron chi connectivity index (χ0n) is 9.56. The van der Waals surface area contributed by atoms with Crippen molar-refractivity contribution in [3.63, 3.8) is 0 Å². The first-order chi connectivity index (χ1) is 7.27. The van der Waals surface area contributed by atoms with E-state index in [1.54, 1.807) is 0 Å². The molecule has 0 bridgehead atoms. The number of β-amino-alcohol motifs (C(OH)–C–C–N with tert-alkyl or cyclic N) is 1. The molecule has 0 radical (unpaired) electrons. The molecule has 2 unspecified atom stereocenters. The number of likely N-dealkylation sites (tertiary alicyclic amines) is 1. The highest BCUT2D eigenvalue weighted by Gasteiger charge is 2.23. The molecular formula is C11H23NO3. The van der Waals surface area contributed by atoms with Gasteiger partial charge in [0.05, 0.1) is 19.3 Å². The predicted molar refractivity (Wildman–Crippen MR) is 58.8 cm³/mol. The fourth-order valence-electron chi connectivity index (χ4n) is 2.08. The van der Waals surface area contributed by atoms with Crippen LogP contribution in [0.2, 0.25) is 0 Å². The number of aliphatic hydroxyl groups excluding tert-OH is 2. The van der Waals surface area contributed by atoms with Crippen molar-refractivity contribution in [2.45, 2.75) is 38.3 Å². The molecule has 15 heavy (non-hydrogen) atoms. The summed E-state index contributed by atoms with van der Waals surface area (Å²) in [5.74, 6) is 0. The van der Waals surface area contributed by atoms with Gasteiger partial charge in [-0.25, -0.2) is 0 Å². The highest BCUT2D eigenvalue weighted by molar-refractivity contribution is 4.78. The Morgan fingerprint density at radius 3 is 2.93 bits per heavy atom. The second-order valence-electron chi connectivity index (χ2n) is 4.14. The molecule has 2 N–H and O–H groups in total. The van der Waals surface area contributed by atoms with Gasteiger partial charge in [-0.1, -0.05) is 6.42 Å². The van der Waals surface area contributed by atoms with E-state index in [0.29, 0.717) is 19.8 Å². The molecule has 0 amide bonds. The molecule has 1 rings (SSSR count). The molecule has 2 atom stereocenters.